The van der Waals surface area contributed by atoms with Crippen molar-refractivity contribution in [3.8, 4) is 62.7 Å². The molecule has 0 bridgehead atoms. The van der Waals surface area contributed by atoms with Crippen molar-refractivity contribution in [2.75, 3.05) is 9.80 Å². The van der Waals surface area contributed by atoms with Crippen LogP contribution < -0.4 is 52.8 Å². The molecule has 506 valence electrons. The van der Waals surface area contributed by atoms with Crippen LogP contribution in [-0.2, 0) is 27.1 Å². The van der Waals surface area contributed by atoms with Gasteiger partial charge < -0.3 is 19.1 Å². The van der Waals surface area contributed by atoms with Crippen molar-refractivity contribution in [3.05, 3.63) is 267 Å². The van der Waals surface area contributed by atoms with Crippen molar-refractivity contribution in [1.82, 2.24) is 4.57 Å². The van der Waals surface area contributed by atoms with E-state index in [4.69, 9.17) is 44.0 Å². The lowest BCUT2D eigenvalue weighted by atomic mass is 9.33. The van der Waals surface area contributed by atoms with Gasteiger partial charge in [0.05, 0.1) is 51.4 Å². The molecule has 15 rings (SSSR count). The van der Waals surface area contributed by atoms with Crippen LogP contribution in [0, 0.1) is 22.7 Å². The second-order valence-corrected chi connectivity index (χ2v) is 34.1. The molecule has 0 saturated heterocycles. The zero-order valence-corrected chi connectivity index (χ0v) is 63.5. The van der Waals surface area contributed by atoms with E-state index in [0.717, 1.165) is 95.7 Å². The Labute approximate surface area is 633 Å². The first-order chi connectivity index (χ1) is 50.2. The number of benzene rings is 10. The van der Waals surface area contributed by atoms with Crippen molar-refractivity contribution in [3.63, 3.8) is 0 Å². The summed E-state index contributed by atoms with van der Waals surface area (Å²) in [7, 11) is 34.2. The number of rotatable bonds is 9. The summed E-state index contributed by atoms with van der Waals surface area (Å²) in [5.74, 6) is 1.34. The minimum absolute atomic E-state index is 0.0702. The highest BCUT2D eigenvalue weighted by Gasteiger charge is 2.46. The van der Waals surface area contributed by atoms with Gasteiger partial charge in [0.15, 0.2) is 0 Å². The quantitative estimate of drug-likeness (QED) is 0.106. The van der Waals surface area contributed by atoms with E-state index < -0.39 is 6.71 Å². The van der Waals surface area contributed by atoms with Crippen LogP contribution in [0.5, 0.6) is 11.5 Å². The van der Waals surface area contributed by atoms with Crippen LogP contribution >= 0.6 is 0 Å². The van der Waals surface area contributed by atoms with Crippen LogP contribution in [0.2, 0.25) is 0 Å². The molecule has 6 nitrogen and oxygen atoms in total. The summed E-state index contributed by atoms with van der Waals surface area (Å²) in [5, 5.41) is 24.5. The van der Waals surface area contributed by atoms with Crippen molar-refractivity contribution in [2.45, 2.75) is 144 Å². The van der Waals surface area contributed by atoms with Crippen LogP contribution in [-0.4, -0.2) is 50.5 Å². The van der Waals surface area contributed by atoms with E-state index in [2.05, 4.69) is 295 Å². The molecule has 106 heavy (non-hydrogen) atoms. The fourth-order valence-corrected chi connectivity index (χ4v) is 15.6. The molecule has 0 unspecified atom stereocenters. The van der Waals surface area contributed by atoms with Crippen LogP contribution in [0.4, 0.5) is 22.7 Å². The van der Waals surface area contributed by atoms with Crippen molar-refractivity contribution in [2.24, 2.45) is 0 Å². The normalized spacial score (nSPS) is 14.2. The topological polar surface area (TPSA) is 68.2 Å². The summed E-state index contributed by atoms with van der Waals surface area (Å²) in [6, 6.07) is 66.2. The summed E-state index contributed by atoms with van der Waals surface area (Å²) in [5.41, 5.74) is 32.1. The van der Waals surface area contributed by atoms with Crippen LogP contribution in [0.15, 0.2) is 222 Å². The Morgan fingerprint density at radius 1 is 0.491 bits per heavy atom. The number of aromatic nitrogens is 1. The van der Waals surface area contributed by atoms with E-state index in [1.54, 1.807) is 6.07 Å². The maximum absolute atomic E-state index is 11.2. The molecule has 10 aromatic carbocycles. The molecule has 0 saturated carbocycles. The molecule has 0 amide bonds. The average molecular weight is 1360 g/mol. The standard InChI is InChI=1S/C94H81B6N5O/c1-90(2,3)61-30-37-76(70(48-61)55-22-18-16-19-23-55)105-79-43-56(69-40-54(52-101)26-36-75(69)104(66-24-20-17-21-25-66)89-86(98)84(96)83(95)85(97)87(89)99)28-34-73(79)100-74-35-29-57(45-81(74)106-82-46-60(44-80(105)88(82)100)59-41-64(93(10,11)12)47-65(42-59)94(13,14)15)68-51-67(33-27-58(68)53-102)103-77-38-31-62(91(4,5)6)49-71(77)72-50-63(92(7,8)9)32-39-78(72)103/h16-20,22-24,26-27,29-33,35-51H,21,25H2,1-15H3. The zero-order valence-electron chi connectivity index (χ0n) is 63.5. The third kappa shape index (κ3) is 12.3. The first kappa shape index (κ1) is 70.9. The Kier molecular flexibility index (Phi) is 17.3. The molecule has 0 atom stereocenters. The Morgan fingerprint density at radius 3 is 1.68 bits per heavy atom. The molecule has 0 N–H and O–H groups in total. The highest BCUT2D eigenvalue weighted by atomic mass is 16.5. The largest absolute Gasteiger partial charge is 0.458 e. The van der Waals surface area contributed by atoms with Gasteiger partial charge in [0.25, 0.3) is 6.71 Å². The fraction of sp³-hybridized carbons (Fsp3) is 0.234. The van der Waals surface area contributed by atoms with Gasteiger partial charge in [0, 0.05) is 61.3 Å². The number of nitriles is 2. The second-order valence-electron chi connectivity index (χ2n) is 34.1. The number of anilines is 4. The summed E-state index contributed by atoms with van der Waals surface area (Å²) in [4.78, 5) is 4.42. The van der Waals surface area contributed by atoms with Gasteiger partial charge >= 0.3 is 0 Å². The molecular weight excluding hydrogens is 1280 g/mol. The van der Waals surface area contributed by atoms with Gasteiger partial charge in [-0.25, -0.2) is 0 Å². The SMILES string of the molecule is [B]c1c([B])c([B])c(N(C2=CC=CCC2)c2ccc(C#N)cc2C2=C=C=C3B4c5ccc(-c6cc(-n7c8ccc(C(C)(C)C)cc8c8cc(C(C)(C)C)ccc87)ccc6C#N)cc5Oc5cc(-c6cc(C(C)(C)C)cc(C(C)(C)C)c6)cc(c54)N(c4ccc(C(C)(C)C)cc4-c4ccccc4)C3=C2)c([B])c1[B]. The summed E-state index contributed by atoms with van der Waals surface area (Å²) < 4.78 is 10.0. The predicted octanol–water partition coefficient (Wildman–Crippen LogP) is 17.4. The highest BCUT2D eigenvalue weighted by Crippen LogP contribution is 2.51. The van der Waals surface area contributed by atoms with Crippen molar-refractivity contribution in [1.29, 1.82) is 10.5 Å². The van der Waals surface area contributed by atoms with E-state index >= 15 is 0 Å². The fourth-order valence-electron chi connectivity index (χ4n) is 15.6. The molecule has 12 heteroatoms. The number of allylic oxidation sites excluding steroid dienone is 7. The maximum Gasteiger partial charge on any atom is 0.266 e. The smallest absolute Gasteiger partial charge is 0.266 e. The van der Waals surface area contributed by atoms with Gasteiger partial charge in [0.1, 0.15) is 50.7 Å². The first-order valence-electron chi connectivity index (χ1n) is 36.7. The molecule has 4 aliphatic rings. The Morgan fingerprint density at radius 2 is 1.08 bits per heavy atom. The van der Waals surface area contributed by atoms with Crippen LogP contribution in [0.1, 0.15) is 161 Å². The molecule has 10 radical (unpaired) electrons. The van der Waals surface area contributed by atoms with Gasteiger partial charge in [-0.3, -0.25) is 0 Å². The van der Waals surface area contributed by atoms with Crippen LogP contribution in [0.3, 0.4) is 0 Å². The molecule has 2 aliphatic carbocycles. The van der Waals surface area contributed by atoms with Gasteiger partial charge in [-0.05, 0) is 204 Å². The highest BCUT2D eigenvalue weighted by molar-refractivity contribution is 6.94. The van der Waals surface area contributed by atoms with Gasteiger partial charge in [-0.15, -0.1) is 16.4 Å². The third-order valence-electron chi connectivity index (χ3n) is 21.8. The average Bonchev–Trinajstić information content (AvgIpc) is 0.871. The number of ether oxygens (including phenoxy) is 1. The Balaban J connectivity index is 1.02. The molecule has 1 aromatic heterocycles. The van der Waals surface area contributed by atoms with E-state index in [-0.39, 0.29) is 54.4 Å². The van der Waals surface area contributed by atoms with Gasteiger partial charge in [0.2, 0.25) is 0 Å². The summed E-state index contributed by atoms with van der Waals surface area (Å²) in [6.07, 6.45) is 9.73. The van der Waals surface area contributed by atoms with Crippen molar-refractivity contribution < 1.29 is 4.74 Å². The van der Waals surface area contributed by atoms with E-state index in [1.165, 1.54) is 38.6 Å². The lowest BCUT2D eigenvalue weighted by Gasteiger charge is -2.43. The maximum atomic E-state index is 11.2. The Bertz CT molecular complexity index is 5770. The van der Waals surface area contributed by atoms with E-state index in [9.17, 15) is 10.5 Å². The zero-order chi connectivity index (χ0) is 75.2. The molecule has 0 fully saturated rings. The summed E-state index contributed by atoms with van der Waals surface area (Å²) in [6.45, 7) is 33.5. The molecule has 3 heterocycles. The first-order valence-corrected chi connectivity index (χ1v) is 36.7. The van der Waals surface area contributed by atoms with Crippen molar-refractivity contribution >= 4 is 134 Å². The van der Waals surface area contributed by atoms with E-state index in [0.29, 0.717) is 51.6 Å². The monoisotopic (exact) mass is 1360 g/mol. The Hall–Kier alpha value is -10.7. The molecular formula is C94H81B6N5O. The van der Waals surface area contributed by atoms with E-state index in [1.807, 2.05) is 35.3 Å². The summed E-state index contributed by atoms with van der Waals surface area (Å²) >= 11 is 0. The second kappa shape index (κ2) is 25.8. The third-order valence-corrected chi connectivity index (χ3v) is 21.8. The number of nitrogens with zero attached hydrogens (tertiary/aromatic N) is 5. The number of hydrogen-bond donors (Lipinski definition) is 0. The number of fused-ring (bicyclic) bond motifs is 7. The molecule has 0 spiro atoms. The van der Waals surface area contributed by atoms with Gasteiger partial charge in [-0.1, -0.05) is 217 Å². The molecule has 2 aliphatic heterocycles. The lowest BCUT2D eigenvalue weighted by molar-refractivity contribution is 0.487. The lowest BCUT2D eigenvalue weighted by Crippen LogP contribution is -2.56. The molecule has 11 aromatic rings. The van der Waals surface area contributed by atoms with Crippen LogP contribution in [0.25, 0.3) is 66.4 Å². The predicted molar refractivity (Wildman–Crippen MR) is 451 cm³/mol. The minimum atomic E-state index is -0.468. The number of hydrogen-bond acceptors (Lipinski definition) is 5. The minimum Gasteiger partial charge on any atom is -0.458 e. The van der Waals surface area contributed by atoms with Gasteiger partial charge in [-0.2, -0.15) is 10.5 Å².